The maximum atomic E-state index is 5.62. The van der Waals surface area contributed by atoms with Crippen LogP contribution in [0.15, 0.2) is 28.7 Å². The Labute approximate surface area is 101 Å². The van der Waals surface area contributed by atoms with Crippen molar-refractivity contribution >= 4 is 17.1 Å². The number of oxazole rings is 1. The fourth-order valence-electron chi connectivity index (χ4n) is 1.67. The van der Waals surface area contributed by atoms with Crippen LogP contribution in [0.25, 0.3) is 11.1 Å². The van der Waals surface area contributed by atoms with Crippen molar-refractivity contribution < 1.29 is 9.15 Å². The van der Waals surface area contributed by atoms with Crippen LogP contribution < -0.4 is 5.32 Å². The molecule has 0 aliphatic heterocycles. The number of aromatic nitrogens is 1. The van der Waals surface area contributed by atoms with Crippen LogP contribution >= 0.6 is 0 Å². The van der Waals surface area contributed by atoms with Gasteiger partial charge in [0.15, 0.2) is 5.58 Å². The van der Waals surface area contributed by atoms with Crippen LogP contribution in [-0.2, 0) is 4.74 Å². The highest BCUT2D eigenvalue weighted by Crippen LogP contribution is 2.19. The van der Waals surface area contributed by atoms with Gasteiger partial charge in [-0.1, -0.05) is 26.0 Å². The Morgan fingerprint density at radius 1 is 1.35 bits per heavy atom. The Kier molecular flexibility index (Phi) is 3.64. The molecule has 2 rings (SSSR count). The van der Waals surface area contributed by atoms with E-state index in [0.717, 1.165) is 11.1 Å². The van der Waals surface area contributed by atoms with E-state index >= 15 is 0 Å². The first-order chi connectivity index (χ1) is 8.20. The van der Waals surface area contributed by atoms with Crippen molar-refractivity contribution in [3.8, 4) is 0 Å². The minimum atomic E-state index is 0.202. The molecule has 0 spiro atoms. The molecule has 1 aromatic heterocycles. The number of nitrogens with one attached hydrogen (secondary N) is 1. The summed E-state index contributed by atoms with van der Waals surface area (Å²) in [4.78, 5) is 4.38. The summed E-state index contributed by atoms with van der Waals surface area (Å²) in [6.45, 7) is 4.91. The molecule has 0 fully saturated rings. The van der Waals surface area contributed by atoms with E-state index in [0.29, 0.717) is 18.5 Å². The smallest absolute Gasteiger partial charge is 0.295 e. The molecular weight excluding hydrogens is 216 g/mol. The van der Waals surface area contributed by atoms with Gasteiger partial charge in [-0.2, -0.15) is 4.98 Å². The summed E-state index contributed by atoms with van der Waals surface area (Å²) in [6, 6.07) is 8.49. The van der Waals surface area contributed by atoms with Crippen molar-refractivity contribution in [2.75, 3.05) is 19.0 Å². The largest absolute Gasteiger partial charge is 0.424 e. The van der Waals surface area contributed by atoms with Crippen molar-refractivity contribution in [3.05, 3.63) is 24.3 Å². The van der Waals surface area contributed by atoms with Gasteiger partial charge < -0.3 is 14.5 Å². The van der Waals surface area contributed by atoms with Crippen LogP contribution in [0.3, 0.4) is 0 Å². The summed E-state index contributed by atoms with van der Waals surface area (Å²) in [7, 11) is 1.70. The highest BCUT2D eigenvalue weighted by Gasteiger charge is 2.15. The molecular formula is C13H18N2O2. The van der Waals surface area contributed by atoms with Crippen molar-refractivity contribution in [3.63, 3.8) is 0 Å². The predicted molar refractivity (Wildman–Crippen MR) is 68.1 cm³/mol. The topological polar surface area (TPSA) is 47.3 Å². The van der Waals surface area contributed by atoms with E-state index in [-0.39, 0.29) is 6.04 Å². The van der Waals surface area contributed by atoms with Crippen LogP contribution in [0.5, 0.6) is 0 Å². The maximum absolute atomic E-state index is 5.62. The Hall–Kier alpha value is -1.55. The van der Waals surface area contributed by atoms with E-state index in [1.807, 2.05) is 24.3 Å². The average molecular weight is 234 g/mol. The zero-order chi connectivity index (χ0) is 12.3. The van der Waals surface area contributed by atoms with Crippen LogP contribution in [0.2, 0.25) is 0 Å². The number of methoxy groups -OCH3 is 1. The molecule has 17 heavy (non-hydrogen) atoms. The highest BCUT2D eigenvalue weighted by molar-refractivity contribution is 5.74. The maximum Gasteiger partial charge on any atom is 0.295 e. The second kappa shape index (κ2) is 5.19. The van der Waals surface area contributed by atoms with Gasteiger partial charge in [-0.25, -0.2) is 0 Å². The van der Waals surface area contributed by atoms with Gasteiger partial charge in [-0.3, -0.25) is 0 Å². The van der Waals surface area contributed by atoms with Gasteiger partial charge in [-0.05, 0) is 18.1 Å². The number of hydrogen-bond acceptors (Lipinski definition) is 4. The molecule has 0 saturated carbocycles. The molecule has 0 aliphatic carbocycles. The van der Waals surface area contributed by atoms with E-state index < -0.39 is 0 Å². The number of para-hydroxylation sites is 2. The second-order valence-electron chi connectivity index (χ2n) is 4.44. The second-order valence-corrected chi connectivity index (χ2v) is 4.44. The lowest BCUT2D eigenvalue weighted by Crippen LogP contribution is -2.30. The monoisotopic (exact) mass is 234 g/mol. The summed E-state index contributed by atoms with van der Waals surface area (Å²) in [5, 5.41) is 3.27. The molecule has 0 bridgehead atoms. The minimum absolute atomic E-state index is 0.202. The predicted octanol–water partition coefficient (Wildman–Crippen LogP) is 2.91. The Morgan fingerprint density at radius 3 is 2.76 bits per heavy atom. The Morgan fingerprint density at radius 2 is 2.12 bits per heavy atom. The number of hydrogen-bond donors (Lipinski definition) is 1. The fraction of sp³-hybridized carbons (Fsp3) is 0.462. The number of benzene rings is 1. The van der Waals surface area contributed by atoms with E-state index in [2.05, 4.69) is 24.1 Å². The number of nitrogens with zero attached hydrogens (tertiary/aromatic N) is 1. The van der Waals surface area contributed by atoms with Crippen LogP contribution in [0.4, 0.5) is 6.01 Å². The van der Waals surface area contributed by atoms with E-state index in [9.17, 15) is 0 Å². The van der Waals surface area contributed by atoms with Crippen LogP contribution in [0, 0.1) is 5.92 Å². The molecule has 1 atom stereocenters. The first kappa shape index (κ1) is 11.9. The molecule has 0 amide bonds. The van der Waals surface area contributed by atoms with Gasteiger partial charge in [0.05, 0.1) is 12.6 Å². The highest BCUT2D eigenvalue weighted by atomic mass is 16.5. The molecule has 4 heteroatoms. The summed E-state index contributed by atoms with van der Waals surface area (Å²) in [5.41, 5.74) is 1.67. The number of ether oxygens (including phenoxy) is 1. The lowest BCUT2D eigenvalue weighted by atomic mass is 10.1. The first-order valence-electron chi connectivity index (χ1n) is 5.81. The normalized spacial score (nSPS) is 13.2. The average Bonchev–Trinajstić information content (AvgIpc) is 2.70. The molecule has 0 aliphatic rings. The molecule has 1 aromatic carbocycles. The molecule has 0 saturated heterocycles. The number of fused-ring (bicyclic) bond motifs is 1. The van der Waals surface area contributed by atoms with Gasteiger partial charge >= 0.3 is 0 Å². The van der Waals surface area contributed by atoms with E-state index in [1.165, 1.54) is 0 Å². The third kappa shape index (κ3) is 2.77. The van der Waals surface area contributed by atoms with Crippen LogP contribution in [-0.4, -0.2) is 24.7 Å². The van der Waals surface area contributed by atoms with Crippen molar-refractivity contribution in [1.82, 2.24) is 4.98 Å². The number of anilines is 1. The van der Waals surface area contributed by atoms with Gasteiger partial charge in [-0.15, -0.1) is 0 Å². The van der Waals surface area contributed by atoms with E-state index in [4.69, 9.17) is 9.15 Å². The lowest BCUT2D eigenvalue weighted by Gasteiger charge is -2.20. The van der Waals surface area contributed by atoms with Crippen molar-refractivity contribution in [1.29, 1.82) is 0 Å². The van der Waals surface area contributed by atoms with Gasteiger partial charge in [0, 0.05) is 7.11 Å². The summed E-state index contributed by atoms with van der Waals surface area (Å²) in [6.07, 6.45) is 0. The SMILES string of the molecule is COCC(Nc1nc2ccccc2o1)C(C)C. The first-order valence-corrected chi connectivity index (χ1v) is 5.81. The third-order valence-corrected chi connectivity index (χ3v) is 2.75. The van der Waals surface area contributed by atoms with Gasteiger partial charge in [0.1, 0.15) is 5.52 Å². The molecule has 92 valence electrons. The fourth-order valence-corrected chi connectivity index (χ4v) is 1.67. The lowest BCUT2D eigenvalue weighted by molar-refractivity contribution is 0.170. The standard InChI is InChI=1S/C13H18N2O2/c1-9(2)11(8-16-3)15-13-14-10-6-4-5-7-12(10)17-13/h4-7,9,11H,8H2,1-3H3,(H,14,15). The molecule has 0 radical (unpaired) electrons. The van der Waals surface area contributed by atoms with Gasteiger partial charge in [0.2, 0.25) is 0 Å². The Bertz CT molecular complexity index is 446. The summed E-state index contributed by atoms with van der Waals surface area (Å²) in [5.74, 6) is 0.449. The minimum Gasteiger partial charge on any atom is -0.424 e. The molecule has 4 nitrogen and oxygen atoms in total. The van der Waals surface area contributed by atoms with Gasteiger partial charge in [0.25, 0.3) is 6.01 Å². The number of rotatable bonds is 5. The third-order valence-electron chi connectivity index (χ3n) is 2.75. The quantitative estimate of drug-likeness (QED) is 0.864. The molecule has 2 aromatic rings. The summed E-state index contributed by atoms with van der Waals surface area (Å²) >= 11 is 0. The van der Waals surface area contributed by atoms with Crippen LogP contribution in [0.1, 0.15) is 13.8 Å². The molecule has 1 heterocycles. The van der Waals surface area contributed by atoms with Crippen molar-refractivity contribution in [2.24, 2.45) is 5.92 Å². The molecule has 1 N–H and O–H groups in total. The van der Waals surface area contributed by atoms with Crippen molar-refractivity contribution in [2.45, 2.75) is 19.9 Å². The summed E-state index contributed by atoms with van der Waals surface area (Å²) < 4.78 is 10.8. The zero-order valence-electron chi connectivity index (χ0n) is 10.4. The molecule has 1 unspecified atom stereocenters. The Balaban J connectivity index is 2.16. The zero-order valence-corrected chi connectivity index (χ0v) is 10.4. The van der Waals surface area contributed by atoms with E-state index in [1.54, 1.807) is 7.11 Å².